The van der Waals surface area contributed by atoms with Gasteiger partial charge in [0.05, 0.1) is 19.0 Å². The molecule has 5 nitrogen and oxygen atoms in total. The number of hydrogen-bond donors (Lipinski definition) is 1. The molecule has 2 heterocycles. The summed E-state index contributed by atoms with van der Waals surface area (Å²) in [6, 6.07) is 8.28. The Hall–Kier alpha value is -2.14. The Labute approximate surface area is 131 Å². The van der Waals surface area contributed by atoms with E-state index in [4.69, 9.17) is 10.5 Å². The fourth-order valence-electron chi connectivity index (χ4n) is 2.87. The Morgan fingerprint density at radius 3 is 2.68 bits per heavy atom. The third kappa shape index (κ3) is 2.90. The number of aryl methyl sites for hydroxylation is 1. The highest BCUT2D eigenvalue weighted by Crippen LogP contribution is 2.35. The van der Waals surface area contributed by atoms with Gasteiger partial charge in [-0.15, -0.1) is 0 Å². The lowest BCUT2D eigenvalue weighted by molar-refractivity contribution is 0.416. The molecule has 1 aromatic carbocycles. The van der Waals surface area contributed by atoms with Gasteiger partial charge in [-0.1, -0.05) is 12.1 Å². The quantitative estimate of drug-likeness (QED) is 0.942. The fraction of sp³-hybridized carbons (Fsp3) is 0.412. The van der Waals surface area contributed by atoms with Gasteiger partial charge < -0.3 is 15.4 Å². The van der Waals surface area contributed by atoms with Crippen LogP contribution in [0.1, 0.15) is 18.7 Å². The van der Waals surface area contributed by atoms with Gasteiger partial charge in [-0.3, -0.25) is 0 Å². The highest BCUT2D eigenvalue weighted by atomic mass is 16.5. The van der Waals surface area contributed by atoms with Crippen molar-refractivity contribution in [2.24, 2.45) is 5.73 Å². The molecule has 0 amide bonds. The van der Waals surface area contributed by atoms with Crippen LogP contribution in [0.2, 0.25) is 0 Å². The van der Waals surface area contributed by atoms with Crippen LogP contribution in [-0.2, 0) is 0 Å². The minimum Gasteiger partial charge on any atom is -0.496 e. The lowest BCUT2D eigenvalue weighted by Crippen LogP contribution is -2.40. The Kier molecular flexibility index (Phi) is 4.24. The number of rotatable bonds is 3. The highest BCUT2D eigenvalue weighted by molar-refractivity contribution is 5.78. The number of nitrogens with zero attached hydrogens (tertiary/aromatic N) is 3. The van der Waals surface area contributed by atoms with E-state index in [0.29, 0.717) is 6.04 Å². The molecule has 2 N–H and O–H groups in total. The molecule has 1 saturated heterocycles. The average molecular weight is 298 g/mol. The zero-order chi connectivity index (χ0) is 15.5. The molecule has 0 spiro atoms. The van der Waals surface area contributed by atoms with Crippen molar-refractivity contribution in [2.75, 3.05) is 25.1 Å². The first-order chi connectivity index (χ1) is 10.7. The summed E-state index contributed by atoms with van der Waals surface area (Å²) < 4.78 is 5.50. The standard InChI is InChI=1S/C17H22N4O/c1-12-19-11-15(21-9-7-13(18)8-10-21)17(20-12)14-5-3-4-6-16(14)22-2/h3-6,11,13H,7-10,18H2,1-2H3. The van der Waals surface area contributed by atoms with Crippen LogP contribution in [0.3, 0.4) is 0 Å². The fourth-order valence-corrected chi connectivity index (χ4v) is 2.87. The maximum atomic E-state index is 6.02. The van der Waals surface area contributed by atoms with Gasteiger partial charge >= 0.3 is 0 Å². The van der Waals surface area contributed by atoms with E-state index < -0.39 is 0 Å². The van der Waals surface area contributed by atoms with Crippen LogP contribution in [-0.4, -0.2) is 36.2 Å². The molecule has 0 unspecified atom stereocenters. The summed E-state index contributed by atoms with van der Waals surface area (Å²) in [6.07, 6.45) is 3.92. The molecule has 0 saturated carbocycles. The maximum absolute atomic E-state index is 6.02. The van der Waals surface area contributed by atoms with E-state index in [0.717, 1.165) is 54.4 Å². The zero-order valence-corrected chi connectivity index (χ0v) is 13.1. The highest BCUT2D eigenvalue weighted by Gasteiger charge is 2.21. The second-order valence-electron chi connectivity index (χ2n) is 5.68. The van der Waals surface area contributed by atoms with Gasteiger partial charge in [-0.05, 0) is 31.9 Å². The van der Waals surface area contributed by atoms with E-state index in [1.54, 1.807) is 7.11 Å². The van der Waals surface area contributed by atoms with E-state index in [2.05, 4.69) is 14.9 Å². The minimum atomic E-state index is 0.303. The molecule has 1 aliphatic rings. The molecule has 1 aliphatic heterocycles. The lowest BCUT2D eigenvalue weighted by atomic mass is 10.0. The monoisotopic (exact) mass is 298 g/mol. The predicted molar refractivity (Wildman–Crippen MR) is 88.2 cm³/mol. The molecule has 0 bridgehead atoms. The topological polar surface area (TPSA) is 64.3 Å². The summed E-state index contributed by atoms with van der Waals surface area (Å²) in [5, 5.41) is 0. The molecular formula is C17H22N4O. The van der Waals surface area contributed by atoms with Crippen LogP contribution < -0.4 is 15.4 Å². The van der Waals surface area contributed by atoms with Crippen LogP contribution in [0.4, 0.5) is 5.69 Å². The Morgan fingerprint density at radius 1 is 1.23 bits per heavy atom. The molecule has 1 fully saturated rings. The molecule has 116 valence electrons. The summed E-state index contributed by atoms with van der Waals surface area (Å²) >= 11 is 0. The SMILES string of the molecule is COc1ccccc1-c1nc(C)ncc1N1CCC(N)CC1. The van der Waals surface area contributed by atoms with Gasteiger partial charge in [0.2, 0.25) is 0 Å². The summed E-state index contributed by atoms with van der Waals surface area (Å²) in [5.41, 5.74) is 9.00. The number of para-hydroxylation sites is 1. The van der Waals surface area contributed by atoms with Gasteiger partial charge in [0.1, 0.15) is 17.3 Å². The van der Waals surface area contributed by atoms with Crippen molar-refractivity contribution < 1.29 is 4.74 Å². The number of aromatic nitrogens is 2. The Balaban J connectivity index is 2.05. The Bertz CT molecular complexity index is 651. The van der Waals surface area contributed by atoms with E-state index >= 15 is 0 Å². The smallest absolute Gasteiger partial charge is 0.128 e. The third-order valence-corrected chi connectivity index (χ3v) is 4.13. The number of hydrogen-bond acceptors (Lipinski definition) is 5. The zero-order valence-electron chi connectivity index (χ0n) is 13.1. The van der Waals surface area contributed by atoms with Crippen LogP contribution in [0.15, 0.2) is 30.5 Å². The normalized spacial score (nSPS) is 15.9. The summed E-state index contributed by atoms with van der Waals surface area (Å²) in [6.45, 7) is 3.79. The van der Waals surface area contributed by atoms with E-state index in [1.807, 2.05) is 37.4 Å². The molecular weight excluding hydrogens is 276 g/mol. The first-order valence-electron chi connectivity index (χ1n) is 7.66. The summed E-state index contributed by atoms with van der Waals surface area (Å²) in [5.74, 6) is 1.59. The average Bonchev–Trinajstić information content (AvgIpc) is 2.56. The number of nitrogens with two attached hydrogens (primary N) is 1. The number of ether oxygens (including phenoxy) is 1. The number of anilines is 1. The van der Waals surface area contributed by atoms with Crippen molar-refractivity contribution in [1.29, 1.82) is 0 Å². The number of piperidine rings is 1. The largest absolute Gasteiger partial charge is 0.496 e. The van der Waals surface area contributed by atoms with Crippen molar-refractivity contribution in [3.05, 3.63) is 36.3 Å². The van der Waals surface area contributed by atoms with Gasteiger partial charge in [-0.25, -0.2) is 9.97 Å². The van der Waals surface area contributed by atoms with Crippen LogP contribution >= 0.6 is 0 Å². The molecule has 2 aromatic rings. The van der Waals surface area contributed by atoms with Crippen molar-refractivity contribution in [2.45, 2.75) is 25.8 Å². The van der Waals surface area contributed by atoms with E-state index in [1.165, 1.54) is 0 Å². The first-order valence-corrected chi connectivity index (χ1v) is 7.66. The first kappa shape index (κ1) is 14.8. The van der Waals surface area contributed by atoms with Gasteiger partial charge in [-0.2, -0.15) is 0 Å². The summed E-state index contributed by atoms with van der Waals surface area (Å²) in [7, 11) is 1.69. The van der Waals surface area contributed by atoms with Gasteiger partial charge in [0, 0.05) is 24.7 Å². The maximum Gasteiger partial charge on any atom is 0.128 e. The molecule has 5 heteroatoms. The van der Waals surface area contributed by atoms with Crippen LogP contribution in [0.5, 0.6) is 5.75 Å². The van der Waals surface area contributed by atoms with Crippen molar-refractivity contribution in [1.82, 2.24) is 9.97 Å². The van der Waals surface area contributed by atoms with E-state index in [9.17, 15) is 0 Å². The van der Waals surface area contributed by atoms with Gasteiger partial charge in [0.25, 0.3) is 0 Å². The molecule has 1 aromatic heterocycles. The van der Waals surface area contributed by atoms with Crippen molar-refractivity contribution in [3.63, 3.8) is 0 Å². The van der Waals surface area contributed by atoms with Crippen LogP contribution in [0, 0.1) is 6.92 Å². The van der Waals surface area contributed by atoms with E-state index in [-0.39, 0.29) is 0 Å². The minimum absolute atomic E-state index is 0.303. The second kappa shape index (κ2) is 6.32. The summed E-state index contributed by atoms with van der Waals surface area (Å²) in [4.78, 5) is 11.4. The molecule has 0 atom stereocenters. The number of methoxy groups -OCH3 is 1. The molecule has 3 rings (SSSR count). The molecule has 0 aliphatic carbocycles. The second-order valence-corrected chi connectivity index (χ2v) is 5.68. The van der Waals surface area contributed by atoms with Crippen molar-refractivity contribution in [3.8, 4) is 17.0 Å². The lowest BCUT2D eigenvalue weighted by Gasteiger charge is -2.32. The van der Waals surface area contributed by atoms with Crippen LogP contribution in [0.25, 0.3) is 11.3 Å². The third-order valence-electron chi connectivity index (χ3n) is 4.13. The predicted octanol–water partition coefficient (Wildman–Crippen LogP) is 2.39. The Morgan fingerprint density at radius 2 is 1.95 bits per heavy atom. The molecule has 0 radical (unpaired) electrons. The number of benzene rings is 1. The molecule has 22 heavy (non-hydrogen) atoms. The van der Waals surface area contributed by atoms with Crippen molar-refractivity contribution >= 4 is 5.69 Å². The van der Waals surface area contributed by atoms with Gasteiger partial charge in [0.15, 0.2) is 0 Å².